The fourth-order valence-electron chi connectivity index (χ4n) is 4.88. The molecule has 2 aromatic rings. The topological polar surface area (TPSA) is 53.2 Å². The van der Waals surface area contributed by atoms with Crippen molar-refractivity contribution in [1.29, 1.82) is 0 Å². The first-order valence-electron chi connectivity index (χ1n) is 9.93. The van der Waals surface area contributed by atoms with Crippen LogP contribution in [-0.4, -0.2) is 12.5 Å². The summed E-state index contributed by atoms with van der Waals surface area (Å²) < 4.78 is 0. The lowest BCUT2D eigenvalue weighted by Crippen LogP contribution is -2.24. The molecule has 0 radical (unpaired) electrons. The van der Waals surface area contributed by atoms with Crippen LogP contribution in [0.2, 0.25) is 0 Å². The van der Waals surface area contributed by atoms with E-state index >= 15 is 0 Å². The van der Waals surface area contributed by atoms with E-state index in [0.29, 0.717) is 6.54 Å². The molecule has 6 rings (SSSR count). The summed E-state index contributed by atoms with van der Waals surface area (Å²) in [7, 11) is 0. The molecular weight excluding hydrogens is 346 g/mol. The molecule has 0 fully saturated rings. The zero-order chi connectivity index (χ0) is 18.7. The predicted octanol–water partition coefficient (Wildman–Crippen LogP) is 4.31. The maximum absolute atomic E-state index is 12.7. The molecule has 2 aromatic carbocycles. The largest absolute Gasteiger partial charge is 0.372 e. The van der Waals surface area contributed by atoms with Gasteiger partial charge in [-0.1, -0.05) is 48.1 Å². The van der Waals surface area contributed by atoms with Crippen molar-refractivity contribution in [1.82, 2.24) is 5.32 Å². The first-order chi connectivity index (χ1) is 13.8. The summed E-state index contributed by atoms with van der Waals surface area (Å²) in [6.45, 7) is 0.548. The Kier molecular flexibility index (Phi) is 3.30. The van der Waals surface area contributed by atoms with Crippen molar-refractivity contribution in [2.45, 2.75) is 25.3 Å². The third-order valence-electron chi connectivity index (χ3n) is 6.23. The molecule has 2 aliphatic carbocycles. The molecular formula is C24H21N3O. The van der Waals surface area contributed by atoms with E-state index in [0.717, 1.165) is 47.5 Å². The molecule has 0 spiro atoms. The molecule has 0 saturated heterocycles. The van der Waals surface area contributed by atoms with Gasteiger partial charge in [0.1, 0.15) is 0 Å². The van der Waals surface area contributed by atoms with Crippen molar-refractivity contribution in [3.63, 3.8) is 0 Å². The Labute approximate surface area is 164 Å². The monoisotopic (exact) mass is 367 g/mol. The lowest BCUT2D eigenvalue weighted by atomic mass is 9.93. The number of rotatable bonds is 1. The Morgan fingerprint density at radius 1 is 1.04 bits per heavy atom. The Morgan fingerprint density at radius 3 is 2.86 bits per heavy atom. The lowest BCUT2D eigenvalue weighted by Gasteiger charge is -2.21. The van der Waals surface area contributed by atoms with Gasteiger partial charge in [-0.05, 0) is 53.7 Å². The first kappa shape index (κ1) is 15.8. The molecule has 0 saturated carbocycles. The zero-order valence-corrected chi connectivity index (χ0v) is 15.5. The van der Waals surface area contributed by atoms with Gasteiger partial charge >= 0.3 is 0 Å². The lowest BCUT2D eigenvalue weighted by molar-refractivity contribution is -0.116. The molecule has 138 valence electrons. The minimum absolute atomic E-state index is 0.00802. The van der Waals surface area contributed by atoms with Gasteiger partial charge in [0.2, 0.25) is 0 Å². The molecule has 0 bridgehead atoms. The van der Waals surface area contributed by atoms with E-state index in [1.165, 1.54) is 16.7 Å². The minimum Gasteiger partial charge on any atom is -0.372 e. The second-order valence-electron chi connectivity index (χ2n) is 7.87. The van der Waals surface area contributed by atoms with Gasteiger partial charge in [-0.25, -0.2) is 0 Å². The second kappa shape index (κ2) is 5.86. The van der Waals surface area contributed by atoms with Crippen LogP contribution in [0.1, 0.15) is 35.6 Å². The highest BCUT2D eigenvalue weighted by atomic mass is 16.2. The third kappa shape index (κ3) is 2.27. The van der Waals surface area contributed by atoms with Crippen LogP contribution in [0.25, 0.3) is 5.57 Å². The Bertz CT molecular complexity index is 1120. The molecule has 1 unspecified atom stereocenters. The molecule has 4 heteroatoms. The molecule has 1 amide bonds. The van der Waals surface area contributed by atoms with Crippen molar-refractivity contribution < 1.29 is 4.79 Å². The average molecular weight is 367 g/mol. The Balaban J connectivity index is 1.45. The number of anilines is 2. The summed E-state index contributed by atoms with van der Waals surface area (Å²) in [5.74, 6) is 0.00802. The van der Waals surface area contributed by atoms with Gasteiger partial charge in [0.05, 0.1) is 29.5 Å². The van der Waals surface area contributed by atoms with Crippen LogP contribution in [0.5, 0.6) is 0 Å². The summed E-state index contributed by atoms with van der Waals surface area (Å²) in [6.07, 6.45) is 7.88. The maximum atomic E-state index is 12.7. The molecule has 0 aromatic heterocycles. The van der Waals surface area contributed by atoms with Crippen LogP contribution in [0.4, 0.5) is 11.4 Å². The van der Waals surface area contributed by atoms with Gasteiger partial charge in [0, 0.05) is 5.70 Å². The van der Waals surface area contributed by atoms with Crippen molar-refractivity contribution >= 4 is 22.9 Å². The highest BCUT2D eigenvalue weighted by Crippen LogP contribution is 2.42. The number of para-hydroxylation sites is 2. The molecule has 4 aliphatic rings. The van der Waals surface area contributed by atoms with Crippen LogP contribution >= 0.6 is 0 Å². The number of hydrogen-bond acceptors (Lipinski definition) is 3. The SMILES string of the molecule is O=C1NCC2=C1C(c1ccc3c(c1)CC1=C3C=CCC1)Nc1ccccc1N2. The number of allylic oxidation sites excluding steroid dienone is 4. The summed E-state index contributed by atoms with van der Waals surface area (Å²) in [5.41, 5.74) is 10.6. The normalized spacial score (nSPS) is 21.9. The van der Waals surface area contributed by atoms with E-state index in [9.17, 15) is 4.79 Å². The molecule has 1 atom stereocenters. The average Bonchev–Trinajstić information content (AvgIpc) is 3.21. The first-order valence-corrected chi connectivity index (χ1v) is 9.93. The summed E-state index contributed by atoms with van der Waals surface area (Å²) in [4.78, 5) is 12.7. The van der Waals surface area contributed by atoms with E-state index in [-0.39, 0.29) is 11.9 Å². The fraction of sp³-hybridized carbons (Fsp3) is 0.208. The van der Waals surface area contributed by atoms with Crippen LogP contribution < -0.4 is 16.0 Å². The van der Waals surface area contributed by atoms with Gasteiger partial charge < -0.3 is 16.0 Å². The van der Waals surface area contributed by atoms with E-state index in [1.807, 2.05) is 18.2 Å². The second-order valence-corrected chi connectivity index (χ2v) is 7.87. The van der Waals surface area contributed by atoms with E-state index in [4.69, 9.17) is 0 Å². The van der Waals surface area contributed by atoms with E-state index in [2.05, 4.69) is 52.4 Å². The third-order valence-corrected chi connectivity index (χ3v) is 6.23. The number of amides is 1. The quantitative estimate of drug-likeness (QED) is 0.704. The Morgan fingerprint density at radius 2 is 1.93 bits per heavy atom. The van der Waals surface area contributed by atoms with E-state index < -0.39 is 0 Å². The number of benzene rings is 2. The minimum atomic E-state index is -0.160. The molecule has 2 aliphatic heterocycles. The Hall–Kier alpha value is -3.27. The summed E-state index contributed by atoms with van der Waals surface area (Å²) in [6, 6.07) is 14.7. The number of nitrogens with one attached hydrogen (secondary N) is 3. The van der Waals surface area contributed by atoms with Gasteiger partial charge in [0.25, 0.3) is 5.91 Å². The predicted molar refractivity (Wildman–Crippen MR) is 112 cm³/mol. The van der Waals surface area contributed by atoms with Gasteiger partial charge in [-0.2, -0.15) is 0 Å². The zero-order valence-electron chi connectivity index (χ0n) is 15.5. The van der Waals surface area contributed by atoms with Crippen LogP contribution in [0, 0.1) is 0 Å². The maximum Gasteiger partial charge on any atom is 0.251 e. The van der Waals surface area contributed by atoms with Crippen molar-refractivity contribution in [2.24, 2.45) is 0 Å². The molecule has 28 heavy (non-hydrogen) atoms. The van der Waals surface area contributed by atoms with Crippen molar-refractivity contribution in [3.8, 4) is 0 Å². The van der Waals surface area contributed by atoms with Gasteiger partial charge in [-0.3, -0.25) is 4.79 Å². The highest BCUT2D eigenvalue weighted by molar-refractivity contribution is 6.01. The summed E-state index contributed by atoms with van der Waals surface area (Å²) in [5, 5.41) is 10.1. The highest BCUT2D eigenvalue weighted by Gasteiger charge is 2.34. The number of hydrogen-bond donors (Lipinski definition) is 3. The van der Waals surface area contributed by atoms with Crippen molar-refractivity contribution in [2.75, 3.05) is 17.2 Å². The van der Waals surface area contributed by atoms with Crippen LogP contribution in [0.15, 0.2) is 71.5 Å². The number of carbonyl (C=O) groups excluding carboxylic acids is 1. The fourth-order valence-corrected chi connectivity index (χ4v) is 4.88. The molecule has 3 N–H and O–H groups in total. The van der Waals surface area contributed by atoms with Crippen LogP contribution in [0.3, 0.4) is 0 Å². The molecule has 4 nitrogen and oxygen atoms in total. The standard InChI is InChI=1S/C24H21N3O/c28-24-22-21(13-25-24)26-19-7-3-4-8-20(19)27-23(22)15-9-10-18-16(12-15)11-14-5-1-2-6-17(14)18/h2-4,6-10,12,23,26-27H,1,5,11,13H2,(H,25,28). The summed E-state index contributed by atoms with van der Waals surface area (Å²) >= 11 is 0. The van der Waals surface area contributed by atoms with Crippen molar-refractivity contribution in [3.05, 3.63) is 88.2 Å². The van der Waals surface area contributed by atoms with E-state index in [1.54, 1.807) is 5.57 Å². The number of fused-ring (bicyclic) bond motifs is 3. The number of carbonyl (C=O) groups is 1. The molecule has 2 heterocycles. The smallest absolute Gasteiger partial charge is 0.251 e. The van der Waals surface area contributed by atoms with Gasteiger partial charge in [-0.15, -0.1) is 0 Å². The van der Waals surface area contributed by atoms with Crippen LogP contribution in [-0.2, 0) is 11.2 Å². The van der Waals surface area contributed by atoms with Gasteiger partial charge in [0.15, 0.2) is 0 Å².